The average Bonchev–Trinajstić information content (AvgIpc) is 2.30. The van der Waals surface area contributed by atoms with E-state index in [9.17, 15) is 4.57 Å². The molecular formula is C12H33NO4P+. The van der Waals surface area contributed by atoms with Crippen molar-refractivity contribution >= 4 is 7.82 Å². The van der Waals surface area contributed by atoms with Gasteiger partial charge in [-0.2, -0.15) is 0 Å². The maximum Gasteiger partial charge on any atom is 0.472 e. The van der Waals surface area contributed by atoms with Gasteiger partial charge in [-0.3, -0.25) is 9.05 Å². The van der Waals surface area contributed by atoms with E-state index in [0.29, 0.717) is 17.4 Å². The molecule has 1 atom stereocenters. The summed E-state index contributed by atoms with van der Waals surface area (Å²) in [6.45, 7) is 11.0. The van der Waals surface area contributed by atoms with Crippen molar-refractivity contribution in [1.82, 2.24) is 0 Å². The van der Waals surface area contributed by atoms with Crippen LogP contribution in [0.2, 0.25) is 0 Å². The molecule has 114 valence electrons. The minimum atomic E-state index is -3.81. The summed E-state index contributed by atoms with van der Waals surface area (Å²) in [5, 5.41) is 0. The number of likely N-dealkylation sites (N-methyl/N-ethyl adjacent to an activating group) is 1. The van der Waals surface area contributed by atoms with E-state index in [1.807, 2.05) is 55.8 Å². The van der Waals surface area contributed by atoms with Gasteiger partial charge in [0, 0.05) is 0 Å². The first-order valence-electron chi connectivity index (χ1n) is 6.69. The van der Waals surface area contributed by atoms with Crippen LogP contribution in [0.1, 0.15) is 41.0 Å². The molecule has 0 aliphatic heterocycles. The normalized spacial score (nSPS) is 13.6. The first-order chi connectivity index (χ1) is 8.27. The van der Waals surface area contributed by atoms with Crippen LogP contribution in [0, 0.1) is 0 Å². The predicted molar refractivity (Wildman–Crippen MR) is 77.6 cm³/mol. The molecule has 0 heterocycles. The second-order valence-electron chi connectivity index (χ2n) is 4.15. The van der Waals surface area contributed by atoms with Gasteiger partial charge in [0.15, 0.2) is 0 Å². The molecule has 0 rings (SSSR count). The average molecular weight is 286 g/mol. The molecule has 18 heavy (non-hydrogen) atoms. The van der Waals surface area contributed by atoms with E-state index in [1.54, 1.807) is 0 Å². The zero-order valence-electron chi connectivity index (χ0n) is 13.4. The largest absolute Gasteiger partial charge is 0.472 e. The first kappa shape index (κ1) is 23.2. The number of phosphoric acid groups is 1. The molecule has 0 fully saturated rings. The van der Waals surface area contributed by atoms with Gasteiger partial charge >= 0.3 is 7.82 Å². The Balaban J connectivity index is -0.000000506. The van der Waals surface area contributed by atoms with Gasteiger partial charge in [-0.05, 0) is 6.42 Å². The van der Waals surface area contributed by atoms with E-state index in [4.69, 9.17) is 9.42 Å². The Kier molecular flexibility index (Phi) is 17.4. The van der Waals surface area contributed by atoms with Crippen molar-refractivity contribution in [2.24, 2.45) is 0 Å². The molecule has 0 aromatic carbocycles. The number of phosphoric ester groups is 1. The van der Waals surface area contributed by atoms with Crippen LogP contribution in [0.5, 0.6) is 0 Å². The molecule has 0 aliphatic rings. The second-order valence-corrected chi connectivity index (χ2v) is 5.60. The summed E-state index contributed by atoms with van der Waals surface area (Å²) in [7, 11) is 2.15. The minimum Gasteiger partial charge on any atom is -0.329 e. The summed E-state index contributed by atoms with van der Waals surface area (Å²) in [6.07, 6.45) is 0.698. The molecule has 0 aromatic heterocycles. The molecular weight excluding hydrogens is 253 g/mol. The fourth-order valence-electron chi connectivity index (χ4n) is 0.674. The third-order valence-electron chi connectivity index (χ3n) is 1.48. The van der Waals surface area contributed by atoms with Gasteiger partial charge in [0.25, 0.3) is 0 Å². The van der Waals surface area contributed by atoms with Crippen LogP contribution in [0.3, 0.4) is 0 Å². The summed E-state index contributed by atoms with van der Waals surface area (Å²) in [5.74, 6) is 0. The summed E-state index contributed by atoms with van der Waals surface area (Å²) >= 11 is 0. The Bertz CT molecular complexity index is 205. The molecule has 6 heteroatoms. The highest BCUT2D eigenvalue weighted by atomic mass is 31.2. The van der Waals surface area contributed by atoms with Crippen molar-refractivity contribution in [1.29, 1.82) is 0 Å². The summed E-state index contributed by atoms with van der Waals surface area (Å²) < 4.78 is 21.3. The lowest BCUT2D eigenvalue weighted by molar-refractivity contribution is -0.870. The highest BCUT2D eigenvalue weighted by molar-refractivity contribution is 7.47. The highest BCUT2D eigenvalue weighted by Gasteiger charge is 2.21. The van der Waals surface area contributed by atoms with Crippen LogP contribution in [0.25, 0.3) is 0 Å². The van der Waals surface area contributed by atoms with Gasteiger partial charge in [0.1, 0.15) is 13.2 Å². The van der Waals surface area contributed by atoms with Crippen LogP contribution in [-0.2, 0) is 13.6 Å². The van der Waals surface area contributed by atoms with Crippen molar-refractivity contribution in [2.75, 3.05) is 40.9 Å². The third kappa shape index (κ3) is 21.4. The molecule has 0 radical (unpaired) electrons. The zero-order valence-corrected chi connectivity index (χ0v) is 14.3. The Morgan fingerprint density at radius 2 is 1.39 bits per heavy atom. The Hall–Kier alpha value is 0.0700. The zero-order chi connectivity index (χ0) is 15.2. The van der Waals surface area contributed by atoms with E-state index in [-0.39, 0.29) is 13.2 Å². The van der Waals surface area contributed by atoms with Crippen molar-refractivity contribution in [2.45, 2.75) is 41.0 Å². The molecule has 0 spiro atoms. The van der Waals surface area contributed by atoms with Crippen LogP contribution in [0.15, 0.2) is 0 Å². The lowest BCUT2D eigenvalue weighted by Crippen LogP contribution is -2.37. The van der Waals surface area contributed by atoms with Crippen LogP contribution in [-0.4, -0.2) is 50.3 Å². The number of rotatable bonds is 7. The maximum absolute atomic E-state index is 11.2. The van der Waals surface area contributed by atoms with Crippen molar-refractivity contribution in [3.63, 3.8) is 0 Å². The molecule has 0 amide bonds. The van der Waals surface area contributed by atoms with Crippen molar-refractivity contribution < 1.29 is 23.0 Å². The lowest BCUT2D eigenvalue weighted by Gasteiger charge is -2.23. The summed E-state index contributed by atoms with van der Waals surface area (Å²) in [4.78, 5) is 9.15. The third-order valence-corrected chi connectivity index (χ3v) is 2.49. The van der Waals surface area contributed by atoms with E-state index in [0.717, 1.165) is 0 Å². The molecule has 0 aromatic rings. The molecule has 0 saturated carbocycles. The lowest BCUT2D eigenvalue weighted by atomic mass is 10.5. The number of hydrogen-bond donors (Lipinski definition) is 1. The monoisotopic (exact) mass is 286 g/mol. The molecule has 1 unspecified atom stereocenters. The maximum atomic E-state index is 11.2. The van der Waals surface area contributed by atoms with Crippen molar-refractivity contribution in [3.05, 3.63) is 0 Å². The molecule has 5 nitrogen and oxygen atoms in total. The summed E-state index contributed by atoms with van der Waals surface area (Å²) in [6, 6.07) is 0. The van der Waals surface area contributed by atoms with E-state index < -0.39 is 7.82 Å². The molecule has 0 bridgehead atoms. The van der Waals surface area contributed by atoms with E-state index in [1.165, 1.54) is 0 Å². The Morgan fingerprint density at radius 3 is 1.72 bits per heavy atom. The Labute approximate surface area is 113 Å². The van der Waals surface area contributed by atoms with E-state index >= 15 is 0 Å². The first-order valence-corrected chi connectivity index (χ1v) is 8.19. The fraction of sp³-hybridized carbons (Fsp3) is 1.00. The van der Waals surface area contributed by atoms with Gasteiger partial charge in [-0.1, -0.05) is 34.6 Å². The number of nitrogens with zero attached hydrogens (tertiary/aromatic N) is 1. The quantitative estimate of drug-likeness (QED) is 0.576. The predicted octanol–water partition coefficient (Wildman–Crippen LogP) is 3.29. The van der Waals surface area contributed by atoms with E-state index in [2.05, 4.69) is 4.52 Å². The number of hydrogen-bond acceptors (Lipinski definition) is 3. The van der Waals surface area contributed by atoms with Crippen LogP contribution >= 0.6 is 7.82 Å². The molecule has 1 N–H and O–H groups in total. The van der Waals surface area contributed by atoms with Gasteiger partial charge < -0.3 is 9.38 Å². The van der Waals surface area contributed by atoms with Gasteiger partial charge in [-0.25, -0.2) is 4.57 Å². The van der Waals surface area contributed by atoms with Gasteiger partial charge in [-0.15, -0.1) is 0 Å². The molecule has 0 aliphatic carbocycles. The van der Waals surface area contributed by atoms with Crippen LogP contribution in [0.4, 0.5) is 0 Å². The van der Waals surface area contributed by atoms with Crippen molar-refractivity contribution in [3.8, 4) is 0 Å². The topological polar surface area (TPSA) is 55.8 Å². The van der Waals surface area contributed by atoms with Gasteiger partial charge in [0.05, 0.1) is 27.7 Å². The highest BCUT2D eigenvalue weighted by Crippen LogP contribution is 2.42. The minimum absolute atomic E-state index is 0.223. The van der Waals surface area contributed by atoms with Crippen LogP contribution < -0.4 is 0 Å². The van der Waals surface area contributed by atoms with Gasteiger partial charge in [0.2, 0.25) is 0 Å². The SMILES string of the molecule is CC.CC.CCCOP(=O)(O)OCC[N+](C)(C)C. The Morgan fingerprint density at radius 1 is 1.00 bits per heavy atom. The molecule has 0 saturated heterocycles. The summed E-state index contributed by atoms with van der Waals surface area (Å²) in [5.41, 5.74) is 0. The fourth-order valence-corrected chi connectivity index (χ4v) is 1.47. The second kappa shape index (κ2) is 13.5. The smallest absolute Gasteiger partial charge is 0.329 e. The standard InChI is InChI=1S/C8H20NO4P.2C2H6/c1-5-7-12-14(10,11)13-8-6-9(2,3)4;2*1-2/h5-8H2,1-4H3;2*1-2H3/p+1. The number of quaternary nitrogens is 1.